The van der Waals surface area contributed by atoms with Gasteiger partial charge in [-0.05, 0) is 45.3 Å². The fraction of sp³-hybridized carbons (Fsp3) is 0.547. The van der Waals surface area contributed by atoms with Crippen LogP contribution in [0.15, 0.2) is 57.5 Å². The van der Waals surface area contributed by atoms with Crippen LogP contribution in [-0.2, 0) is 105 Å². The van der Waals surface area contributed by atoms with Crippen LogP contribution in [0.3, 0.4) is 0 Å². The number of anilines is 1. The minimum Gasteiger partial charge on any atom is -0.857 e. The summed E-state index contributed by atoms with van der Waals surface area (Å²) in [5.41, 5.74) is 5.20. The summed E-state index contributed by atoms with van der Waals surface area (Å²) in [7, 11) is 21.7. The third kappa shape index (κ3) is 63.4. The number of rotatable bonds is 23. The van der Waals surface area contributed by atoms with E-state index in [2.05, 4.69) is 53.9 Å². The second-order valence-electron chi connectivity index (χ2n) is 15.3. The molecular formula is C53H90Cl2F3N6NaO26. The molecule has 0 fully saturated rings. The zero-order valence-corrected chi connectivity index (χ0v) is 56.2. The van der Waals surface area contributed by atoms with Crippen molar-refractivity contribution in [2.75, 3.05) is 131 Å². The van der Waals surface area contributed by atoms with Crippen molar-refractivity contribution in [1.82, 2.24) is 20.1 Å². The number of carboxylic acids is 1. The SMILES string of the molecule is C.C.COC(=O)CC(=O)CCO.COC(=O)CC(=O)CCl.COC(=O)CC(C)=O.COC(OC)N(C)C.COCC(=O)/C(=C\N(C)C)C(=O)OC.COCc1oncc1C(=O)O.COCc1oncc1C(=O)OC.C[O-].Cl.NO.Nc1ccc(C(F)(F)F)cc1.[Na+]. The first-order valence-corrected chi connectivity index (χ1v) is 24.3. The molecule has 2 heterocycles. The minimum absolute atomic E-state index is 0. The van der Waals surface area contributed by atoms with Gasteiger partial charge in [-0.1, -0.05) is 25.2 Å². The number of methoxy groups -OCH3 is 10. The number of halogens is 5. The van der Waals surface area contributed by atoms with Gasteiger partial charge in [0, 0.05) is 74.6 Å². The van der Waals surface area contributed by atoms with Crippen molar-refractivity contribution in [3.8, 4) is 0 Å². The molecule has 0 unspecified atom stereocenters. The van der Waals surface area contributed by atoms with Gasteiger partial charge in [0.1, 0.15) is 67.3 Å². The van der Waals surface area contributed by atoms with Gasteiger partial charge < -0.3 is 87.6 Å². The number of aliphatic hydroxyl groups excluding tert-OH is 1. The van der Waals surface area contributed by atoms with Gasteiger partial charge in [0.15, 0.2) is 23.1 Å². The van der Waals surface area contributed by atoms with E-state index in [1.807, 2.05) is 19.0 Å². The zero-order valence-electron chi connectivity index (χ0n) is 52.6. The van der Waals surface area contributed by atoms with Crippen LogP contribution in [0.25, 0.3) is 0 Å². The minimum atomic E-state index is -4.27. The number of aliphatic hydroxyl groups is 1. The zero-order chi connectivity index (χ0) is 69.3. The summed E-state index contributed by atoms with van der Waals surface area (Å²) in [6.45, 7) is 1.34. The predicted molar refractivity (Wildman–Crippen MR) is 316 cm³/mol. The standard InChI is InChI=1S/C9H15NO4.C7H6F3N.C7H9NO4.C6H7NO4.C6H10O4.C5H7ClO3.C5H13NO2.C5H8O3.CH3O.2CH4.ClH.H3NO.Na/c1-10(2)5-7(9(12)14-4)8(11)6-13-3;8-7(9,10)5-1-3-6(11)4-2-5;1-10-4-6-5(3-8-12-6)7(9)11-2;1-10-3-5-4(6(8)9)2-7-11-5;1-10-6(9)4-5(8)2-3-7;1-9-5(8)2-4(7)3-6;1-6(2)5(7-3)8-4;1-4(6)3-5(7)8-2;1-2;;;;1-2;/h5H,6H2,1-4H3;1-4H,11H2;3H,4H2,1-2H3;2H,3H2,1H3,(H,8,9);7H,2-4H2,1H3;2-3H2,1H3;5H,1-4H3;3H2,1-2H3;1H3;2*1H4;1H;2H,1H2;/q;;;;;;;;-1;;;;;+1/b7-5+;;;;;;;;;;;;;. The van der Waals surface area contributed by atoms with Gasteiger partial charge in [-0.3, -0.25) is 38.5 Å². The van der Waals surface area contributed by atoms with Crippen molar-refractivity contribution < 1.29 is 168 Å². The number of nitrogens with zero attached hydrogens (tertiary/aromatic N) is 4. The van der Waals surface area contributed by atoms with Crippen LogP contribution in [0.4, 0.5) is 18.9 Å². The molecule has 0 atom stereocenters. The molecule has 3 rings (SSSR count). The predicted octanol–water partition coefficient (Wildman–Crippen LogP) is 0.365. The van der Waals surface area contributed by atoms with Crippen LogP contribution in [-0.4, -0.2) is 226 Å². The third-order valence-electron chi connectivity index (χ3n) is 8.21. The first-order valence-electron chi connectivity index (χ1n) is 23.7. The molecule has 91 heavy (non-hydrogen) atoms. The second kappa shape index (κ2) is 70.9. The molecule has 1 aromatic carbocycles. The summed E-state index contributed by atoms with van der Waals surface area (Å²) in [6.07, 6.45) is -1.17. The Kier molecular flexibility index (Phi) is 84.9. The molecule has 0 saturated carbocycles. The molecule has 0 amide bonds. The van der Waals surface area contributed by atoms with Gasteiger partial charge in [0.05, 0.1) is 59.4 Å². The number of carbonyl (C=O) groups excluding carboxylic acids is 9. The van der Waals surface area contributed by atoms with Gasteiger partial charge >= 0.3 is 71.5 Å². The van der Waals surface area contributed by atoms with Gasteiger partial charge in [0.2, 0.25) is 6.41 Å². The topological polar surface area (TPSA) is 457 Å². The van der Waals surface area contributed by atoms with Crippen LogP contribution in [0.5, 0.6) is 0 Å². The molecule has 0 aliphatic rings. The Labute approximate surface area is 560 Å². The third-order valence-corrected chi connectivity index (χ3v) is 8.51. The number of Topliss-reactive ketones (excluding diaryl/α,β-unsaturated/α-hetero) is 4. The average Bonchev–Trinajstić information content (AvgIpc) is 4.29. The first-order chi connectivity index (χ1) is 40.9. The molecule has 0 aliphatic heterocycles. The van der Waals surface area contributed by atoms with E-state index in [-0.39, 0.29) is 155 Å². The normalized spacial score (nSPS) is 9.27. The van der Waals surface area contributed by atoms with Crippen LogP contribution in [0.1, 0.15) is 85.3 Å². The van der Waals surface area contributed by atoms with Crippen LogP contribution >= 0.6 is 24.0 Å². The summed E-state index contributed by atoms with van der Waals surface area (Å²) in [5, 5.41) is 38.3. The number of benzene rings is 1. The van der Waals surface area contributed by atoms with Gasteiger partial charge in [-0.2, -0.15) is 20.3 Å². The summed E-state index contributed by atoms with van der Waals surface area (Å²) >= 11 is 5.10. The van der Waals surface area contributed by atoms with Crippen molar-refractivity contribution in [3.05, 3.63) is 76.6 Å². The van der Waals surface area contributed by atoms with Gasteiger partial charge in [-0.25, -0.2) is 20.3 Å². The van der Waals surface area contributed by atoms with E-state index >= 15 is 0 Å². The number of ketones is 4. The van der Waals surface area contributed by atoms with E-state index in [1.54, 1.807) is 33.2 Å². The number of hydrogen-bond donors (Lipinski definition) is 5. The number of hydrogen-bond acceptors (Lipinski definition) is 31. The van der Waals surface area contributed by atoms with Crippen LogP contribution < -0.4 is 46.3 Å². The Balaban J connectivity index is -0.0000000885. The van der Waals surface area contributed by atoms with Gasteiger partial charge in [-0.15, -0.1) is 24.0 Å². The summed E-state index contributed by atoms with van der Waals surface area (Å²) in [6, 6.07) is 4.36. The number of carboxylic acid groups (broad SMARTS) is 1. The molecule has 0 radical (unpaired) electrons. The number of esters is 5. The molecule has 2 aromatic heterocycles. The molecule has 0 aliphatic carbocycles. The average molecular weight is 1380 g/mol. The molecule has 0 spiro atoms. The molecule has 524 valence electrons. The Morgan fingerprint density at radius 3 is 1.37 bits per heavy atom. The molecule has 38 heteroatoms. The summed E-state index contributed by atoms with van der Waals surface area (Å²) in [4.78, 5) is 109. The maximum atomic E-state index is 11.9. The van der Waals surface area contributed by atoms with Crippen molar-refractivity contribution in [3.63, 3.8) is 0 Å². The van der Waals surface area contributed by atoms with E-state index < -0.39 is 53.3 Å². The quantitative estimate of drug-likeness (QED) is 0.00818. The summed E-state index contributed by atoms with van der Waals surface area (Å²) in [5.74, 6) is -0.944. The fourth-order valence-electron chi connectivity index (χ4n) is 4.46. The fourth-order valence-corrected chi connectivity index (χ4v) is 4.55. The maximum absolute atomic E-state index is 11.9. The van der Waals surface area contributed by atoms with Crippen molar-refractivity contribution in [2.24, 2.45) is 5.90 Å². The van der Waals surface area contributed by atoms with E-state index in [9.17, 15) is 61.1 Å². The smallest absolute Gasteiger partial charge is 0.857 e. The molecule has 0 saturated heterocycles. The monoisotopic (exact) mass is 1380 g/mol. The number of ether oxygens (including phenoxy) is 10. The Morgan fingerprint density at radius 1 is 0.681 bits per heavy atom. The Hall–Kier alpha value is -6.55. The number of nitrogens with two attached hydrogens (primary N) is 2. The molecule has 0 bridgehead atoms. The molecule has 32 nitrogen and oxygen atoms in total. The number of nitrogen functional groups attached to an aromatic ring is 1. The van der Waals surface area contributed by atoms with E-state index in [4.69, 9.17) is 56.6 Å². The molecule has 3 aromatic rings. The van der Waals surface area contributed by atoms with Crippen LogP contribution in [0.2, 0.25) is 0 Å². The summed E-state index contributed by atoms with van der Waals surface area (Å²) < 4.78 is 90.4. The number of carbonyl (C=O) groups is 10. The number of aromatic carboxylic acids is 1. The Bertz CT molecular complexity index is 2380. The first kappa shape index (κ1) is 109. The largest absolute Gasteiger partial charge is 1.00 e. The number of aromatic nitrogens is 2. The molecular weight excluding hydrogens is 1290 g/mol. The van der Waals surface area contributed by atoms with E-state index in [0.717, 1.165) is 25.4 Å². The van der Waals surface area contributed by atoms with E-state index in [1.165, 1.54) is 88.3 Å². The maximum Gasteiger partial charge on any atom is 1.00 e. The Morgan fingerprint density at radius 2 is 1.09 bits per heavy atom. The molecule has 7 N–H and O–H groups in total. The van der Waals surface area contributed by atoms with Crippen molar-refractivity contribution in [1.29, 1.82) is 0 Å². The van der Waals surface area contributed by atoms with Crippen molar-refractivity contribution in [2.45, 2.75) is 73.3 Å². The van der Waals surface area contributed by atoms with E-state index in [0.29, 0.717) is 17.0 Å². The second-order valence-corrected chi connectivity index (χ2v) is 15.6. The number of alkyl halides is 4. The van der Waals surface area contributed by atoms with Crippen LogP contribution in [0, 0.1) is 0 Å². The van der Waals surface area contributed by atoms with Crippen molar-refractivity contribution >= 4 is 88.6 Å². The van der Waals surface area contributed by atoms with Gasteiger partial charge in [0.25, 0.3) is 0 Å².